The van der Waals surface area contributed by atoms with E-state index < -0.39 is 0 Å². The first-order valence-corrected chi connectivity index (χ1v) is 7.52. The van der Waals surface area contributed by atoms with Gasteiger partial charge >= 0.3 is 0 Å². The summed E-state index contributed by atoms with van der Waals surface area (Å²) in [5.74, 6) is -0.364. The van der Waals surface area contributed by atoms with Crippen molar-refractivity contribution in [1.29, 1.82) is 0 Å². The van der Waals surface area contributed by atoms with E-state index in [1.807, 2.05) is 12.1 Å². The SMILES string of the molecule is Nc1ccc(CN(Cc2ccc(F)c(Cl)c2)C2CC2)cc1. The molecule has 0 unspecified atom stereocenters. The molecule has 1 aliphatic carbocycles. The molecule has 0 bridgehead atoms. The molecule has 0 heterocycles. The van der Waals surface area contributed by atoms with Gasteiger partial charge in [-0.3, -0.25) is 4.90 Å². The Morgan fingerprint density at radius 3 is 2.29 bits per heavy atom. The first-order chi connectivity index (χ1) is 10.1. The number of hydrogen-bond acceptors (Lipinski definition) is 2. The zero-order chi connectivity index (χ0) is 14.8. The Morgan fingerprint density at radius 2 is 1.67 bits per heavy atom. The zero-order valence-corrected chi connectivity index (χ0v) is 12.5. The van der Waals surface area contributed by atoms with E-state index in [1.54, 1.807) is 12.1 Å². The van der Waals surface area contributed by atoms with E-state index in [9.17, 15) is 4.39 Å². The Balaban J connectivity index is 1.72. The predicted octanol–water partition coefficient (Wildman–Crippen LogP) is 4.23. The standard InChI is InChI=1S/C17H18ClFN2/c18-16-9-13(3-8-17(16)19)11-21(15-6-7-15)10-12-1-4-14(20)5-2-12/h1-5,8-9,15H,6-7,10-11,20H2. The number of nitrogen functional groups attached to an aromatic ring is 1. The highest BCUT2D eigenvalue weighted by molar-refractivity contribution is 6.30. The molecular formula is C17H18ClFN2. The van der Waals surface area contributed by atoms with Crippen molar-refractivity contribution in [3.05, 3.63) is 64.4 Å². The monoisotopic (exact) mass is 304 g/mol. The average Bonchev–Trinajstić information content (AvgIpc) is 3.29. The number of benzene rings is 2. The van der Waals surface area contributed by atoms with Crippen molar-refractivity contribution in [3.63, 3.8) is 0 Å². The van der Waals surface area contributed by atoms with Crippen molar-refractivity contribution in [2.45, 2.75) is 32.0 Å². The zero-order valence-electron chi connectivity index (χ0n) is 11.7. The highest BCUT2D eigenvalue weighted by atomic mass is 35.5. The fraction of sp³-hybridized carbons (Fsp3) is 0.294. The summed E-state index contributed by atoms with van der Waals surface area (Å²) in [4.78, 5) is 2.41. The summed E-state index contributed by atoms with van der Waals surface area (Å²) in [6.07, 6.45) is 2.45. The minimum Gasteiger partial charge on any atom is -0.399 e. The van der Waals surface area contributed by atoms with Crippen molar-refractivity contribution in [3.8, 4) is 0 Å². The van der Waals surface area contributed by atoms with E-state index in [0.717, 1.165) is 24.3 Å². The van der Waals surface area contributed by atoms with Gasteiger partial charge in [0.15, 0.2) is 0 Å². The Kier molecular flexibility index (Phi) is 4.13. The molecule has 1 saturated carbocycles. The first kappa shape index (κ1) is 14.4. The number of halogens is 2. The maximum Gasteiger partial charge on any atom is 0.141 e. The second-order valence-corrected chi connectivity index (χ2v) is 6.03. The molecule has 0 saturated heterocycles. The molecule has 2 aromatic carbocycles. The second-order valence-electron chi connectivity index (χ2n) is 5.63. The van der Waals surface area contributed by atoms with Gasteiger partial charge in [-0.2, -0.15) is 0 Å². The normalized spacial score (nSPS) is 14.6. The van der Waals surface area contributed by atoms with Crippen LogP contribution in [0.5, 0.6) is 0 Å². The van der Waals surface area contributed by atoms with Crippen LogP contribution in [0.3, 0.4) is 0 Å². The third-order valence-corrected chi connectivity index (χ3v) is 4.09. The molecule has 4 heteroatoms. The lowest BCUT2D eigenvalue weighted by molar-refractivity contribution is 0.245. The van der Waals surface area contributed by atoms with Crippen molar-refractivity contribution < 1.29 is 4.39 Å². The Bertz CT molecular complexity index is 623. The molecule has 0 radical (unpaired) electrons. The molecule has 0 amide bonds. The summed E-state index contributed by atoms with van der Waals surface area (Å²) in [5.41, 5.74) is 8.79. The van der Waals surface area contributed by atoms with Crippen molar-refractivity contribution in [2.24, 2.45) is 0 Å². The molecule has 3 rings (SSSR count). The largest absolute Gasteiger partial charge is 0.399 e. The van der Waals surface area contributed by atoms with E-state index in [1.165, 1.54) is 24.5 Å². The predicted molar refractivity (Wildman–Crippen MR) is 84.5 cm³/mol. The number of nitrogens with two attached hydrogens (primary N) is 1. The van der Waals surface area contributed by atoms with Gasteiger partial charge in [0, 0.05) is 24.8 Å². The van der Waals surface area contributed by atoms with Gasteiger partial charge in [0.2, 0.25) is 0 Å². The van der Waals surface area contributed by atoms with E-state index >= 15 is 0 Å². The molecule has 110 valence electrons. The molecule has 2 nitrogen and oxygen atoms in total. The van der Waals surface area contributed by atoms with Crippen LogP contribution in [0.15, 0.2) is 42.5 Å². The minimum absolute atomic E-state index is 0.190. The Morgan fingerprint density at radius 1 is 1.05 bits per heavy atom. The fourth-order valence-electron chi connectivity index (χ4n) is 2.48. The van der Waals surface area contributed by atoms with Crippen LogP contribution in [0.4, 0.5) is 10.1 Å². The van der Waals surface area contributed by atoms with E-state index in [4.69, 9.17) is 17.3 Å². The second kappa shape index (κ2) is 6.04. The smallest absolute Gasteiger partial charge is 0.141 e. The van der Waals surface area contributed by atoms with Crippen LogP contribution in [-0.2, 0) is 13.1 Å². The van der Waals surface area contributed by atoms with E-state index in [-0.39, 0.29) is 10.8 Å². The topological polar surface area (TPSA) is 29.3 Å². The van der Waals surface area contributed by atoms with Gasteiger partial charge in [-0.1, -0.05) is 29.8 Å². The first-order valence-electron chi connectivity index (χ1n) is 7.14. The van der Waals surface area contributed by atoms with Crippen LogP contribution in [0, 0.1) is 5.82 Å². The quantitative estimate of drug-likeness (QED) is 0.838. The highest BCUT2D eigenvalue weighted by Crippen LogP contribution is 2.30. The number of anilines is 1. The van der Waals surface area contributed by atoms with Crippen LogP contribution >= 0.6 is 11.6 Å². The van der Waals surface area contributed by atoms with Crippen LogP contribution in [0.2, 0.25) is 5.02 Å². The van der Waals surface area contributed by atoms with Gasteiger partial charge in [0.25, 0.3) is 0 Å². The van der Waals surface area contributed by atoms with E-state index in [2.05, 4.69) is 17.0 Å². The van der Waals surface area contributed by atoms with Crippen LogP contribution in [0.25, 0.3) is 0 Å². The van der Waals surface area contributed by atoms with Crippen LogP contribution < -0.4 is 5.73 Å². The Labute approximate surface area is 129 Å². The molecule has 2 aromatic rings. The lowest BCUT2D eigenvalue weighted by atomic mass is 10.1. The summed E-state index contributed by atoms with van der Waals surface area (Å²) in [6, 6.07) is 13.5. The Hall–Kier alpha value is -1.58. The average molecular weight is 305 g/mol. The molecule has 0 aromatic heterocycles. The van der Waals surface area contributed by atoms with Crippen molar-refractivity contribution >= 4 is 17.3 Å². The van der Waals surface area contributed by atoms with Gasteiger partial charge in [0.05, 0.1) is 5.02 Å². The molecule has 0 spiro atoms. The molecule has 1 aliphatic rings. The van der Waals surface area contributed by atoms with Crippen LogP contribution in [-0.4, -0.2) is 10.9 Å². The summed E-state index contributed by atoms with van der Waals surface area (Å²) < 4.78 is 13.2. The molecule has 1 fully saturated rings. The van der Waals surface area contributed by atoms with Gasteiger partial charge in [-0.05, 0) is 48.2 Å². The molecule has 0 aliphatic heterocycles. The summed E-state index contributed by atoms with van der Waals surface area (Å²) in [6.45, 7) is 1.66. The molecule has 21 heavy (non-hydrogen) atoms. The number of rotatable bonds is 5. The lowest BCUT2D eigenvalue weighted by Gasteiger charge is -2.22. The third kappa shape index (κ3) is 3.74. The maximum atomic E-state index is 13.2. The summed E-state index contributed by atoms with van der Waals surface area (Å²) in [5, 5.41) is 0.190. The van der Waals surface area contributed by atoms with Gasteiger partial charge < -0.3 is 5.73 Å². The molecular weight excluding hydrogens is 287 g/mol. The number of nitrogens with zero attached hydrogens (tertiary/aromatic N) is 1. The van der Waals surface area contributed by atoms with Crippen molar-refractivity contribution in [2.75, 3.05) is 5.73 Å². The van der Waals surface area contributed by atoms with E-state index in [0.29, 0.717) is 6.04 Å². The van der Waals surface area contributed by atoms with Crippen molar-refractivity contribution in [1.82, 2.24) is 4.90 Å². The van der Waals surface area contributed by atoms with Gasteiger partial charge in [-0.15, -0.1) is 0 Å². The lowest BCUT2D eigenvalue weighted by Crippen LogP contribution is -2.25. The maximum absolute atomic E-state index is 13.2. The number of hydrogen-bond donors (Lipinski definition) is 1. The minimum atomic E-state index is -0.364. The fourth-order valence-corrected chi connectivity index (χ4v) is 2.69. The third-order valence-electron chi connectivity index (χ3n) is 3.80. The summed E-state index contributed by atoms with van der Waals surface area (Å²) >= 11 is 5.86. The van der Waals surface area contributed by atoms with Gasteiger partial charge in [0.1, 0.15) is 5.82 Å². The molecule has 2 N–H and O–H groups in total. The summed E-state index contributed by atoms with van der Waals surface area (Å²) in [7, 11) is 0. The van der Waals surface area contributed by atoms with Crippen LogP contribution in [0.1, 0.15) is 24.0 Å². The molecule has 0 atom stereocenters. The highest BCUT2D eigenvalue weighted by Gasteiger charge is 2.29. The van der Waals surface area contributed by atoms with Gasteiger partial charge in [-0.25, -0.2) is 4.39 Å².